The molecule has 0 amide bonds. The predicted molar refractivity (Wildman–Crippen MR) is 44.2 cm³/mol. The number of thiol groups is 1. The lowest BCUT2D eigenvalue weighted by Gasteiger charge is -2.07. The summed E-state index contributed by atoms with van der Waals surface area (Å²) in [6, 6.07) is 0. The fraction of sp³-hybridized carbons (Fsp3) is 0.833. The van der Waals surface area contributed by atoms with Crippen molar-refractivity contribution < 1.29 is 17.9 Å². The van der Waals surface area contributed by atoms with Crippen LogP contribution in [0.5, 0.6) is 0 Å². The molecule has 0 saturated heterocycles. The van der Waals surface area contributed by atoms with Gasteiger partial charge in [0.1, 0.15) is 0 Å². The third kappa shape index (κ3) is 6.11. The second kappa shape index (κ2) is 5.96. The third-order valence-electron chi connectivity index (χ3n) is 1.21. The number of nitrogens with zero attached hydrogens (tertiary/aromatic N) is 1. The van der Waals surface area contributed by atoms with Crippen LogP contribution in [-0.4, -0.2) is 38.9 Å². The summed E-state index contributed by atoms with van der Waals surface area (Å²) in [5.74, 6) is -0.343. The molecule has 0 atom stereocenters. The van der Waals surface area contributed by atoms with Crippen LogP contribution in [-0.2, 0) is 20.4 Å². The lowest BCUT2D eigenvalue weighted by Crippen LogP contribution is -2.19. The van der Waals surface area contributed by atoms with E-state index in [1.54, 1.807) is 0 Å². The van der Waals surface area contributed by atoms with Gasteiger partial charge in [-0.2, -0.15) is 0 Å². The Morgan fingerprint density at radius 2 is 2.08 bits per heavy atom. The molecule has 0 rings (SSSR count). The molecule has 72 valence electrons. The molecule has 0 aliphatic rings. The van der Waals surface area contributed by atoms with Gasteiger partial charge in [0.15, 0.2) is 0 Å². The van der Waals surface area contributed by atoms with E-state index in [-0.39, 0.29) is 12.6 Å². The van der Waals surface area contributed by atoms with Crippen molar-refractivity contribution in [1.82, 2.24) is 4.31 Å². The predicted octanol–water partition coefficient (Wildman–Crippen LogP) is -0.602. The summed E-state index contributed by atoms with van der Waals surface area (Å²) in [5, 5.41) is 0. The number of ether oxygens (including phenoxy) is 1. The molecule has 0 radical (unpaired) electrons. The van der Waals surface area contributed by atoms with Crippen LogP contribution in [0.2, 0.25) is 0 Å². The molecule has 0 unspecified atom stereocenters. The molecule has 0 bridgehead atoms. The fourth-order valence-electron chi connectivity index (χ4n) is 0.591. The van der Waals surface area contributed by atoms with Crippen molar-refractivity contribution in [1.29, 1.82) is 0 Å². The zero-order valence-electron chi connectivity index (χ0n) is 7.15. The molecule has 0 heterocycles. The molecule has 0 aliphatic carbocycles. The van der Waals surface area contributed by atoms with Gasteiger partial charge in [-0.25, -0.2) is 12.7 Å². The zero-order chi connectivity index (χ0) is 9.56. The highest BCUT2D eigenvalue weighted by atomic mass is 32.2. The maximum atomic E-state index is 10.3. The Morgan fingerprint density at radius 1 is 1.50 bits per heavy atom. The Balaban J connectivity index is 3.37. The standard InChI is InChI=1S/C6H13NO4S/c1-6(8)11-5-3-4-7(2)12(9)10/h12H,3-5H2,1-2H3. The van der Waals surface area contributed by atoms with Crippen molar-refractivity contribution in [3.05, 3.63) is 0 Å². The van der Waals surface area contributed by atoms with Crippen LogP contribution in [0.1, 0.15) is 13.3 Å². The number of rotatable bonds is 5. The molecule has 6 heteroatoms. The Bertz CT molecular complexity index is 206. The highest BCUT2D eigenvalue weighted by Crippen LogP contribution is 1.88. The highest BCUT2D eigenvalue weighted by molar-refractivity contribution is 7.69. The quantitative estimate of drug-likeness (QED) is 0.361. The van der Waals surface area contributed by atoms with Crippen molar-refractivity contribution in [2.24, 2.45) is 0 Å². The second-order valence-corrected chi connectivity index (χ2v) is 3.47. The Hall–Kier alpha value is -0.620. The monoisotopic (exact) mass is 195 g/mol. The van der Waals surface area contributed by atoms with Gasteiger partial charge < -0.3 is 4.74 Å². The minimum atomic E-state index is -2.50. The summed E-state index contributed by atoms with van der Waals surface area (Å²) in [7, 11) is -1.03. The molecule has 0 aromatic rings. The van der Waals surface area contributed by atoms with Gasteiger partial charge >= 0.3 is 5.97 Å². The van der Waals surface area contributed by atoms with Gasteiger partial charge in [-0.15, -0.1) is 0 Å². The number of hydrogen-bond donors (Lipinski definition) is 1. The molecule has 0 N–H and O–H groups in total. The largest absolute Gasteiger partial charge is 0.466 e. The van der Waals surface area contributed by atoms with E-state index in [1.165, 1.54) is 18.3 Å². The average Bonchev–Trinajstić information content (AvgIpc) is 1.97. The van der Waals surface area contributed by atoms with Crippen molar-refractivity contribution in [2.75, 3.05) is 20.2 Å². The molecule has 12 heavy (non-hydrogen) atoms. The van der Waals surface area contributed by atoms with Crippen molar-refractivity contribution in [3.63, 3.8) is 0 Å². The molecular weight excluding hydrogens is 182 g/mol. The van der Waals surface area contributed by atoms with E-state index in [2.05, 4.69) is 4.74 Å². The lowest BCUT2D eigenvalue weighted by molar-refractivity contribution is -0.141. The molecule has 0 fully saturated rings. The molecule has 0 aromatic heterocycles. The maximum Gasteiger partial charge on any atom is 0.302 e. The lowest BCUT2D eigenvalue weighted by atomic mass is 10.4. The third-order valence-corrected chi connectivity index (χ3v) is 1.97. The first-order valence-electron chi connectivity index (χ1n) is 3.53. The minimum absolute atomic E-state index is 0.267. The highest BCUT2D eigenvalue weighted by Gasteiger charge is 1.99. The first kappa shape index (κ1) is 11.4. The minimum Gasteiger partial charge on any atom is -0.466 e. The van der Waals surface area contributed by atoms with Crippen LogP contribution in [0.3, 0.4) is 0 Å². The van der Waals surface area contributed by atoms with E-state index in [9.17, 15) is 13.2 Å². The van der Waals surface area contributed by atoms with Gasteiger partial charge in [-0.05, 0) is 6.42 Å². The Kier molecular flexibility index (Phi) is 5.65. The summed E-state index contributed by atoms with van der Waals surface area (Å²) >= 11 is 0. The summed E-state index contributed by atoms with van der Waals surface area (Å²) in [4.78, 5) is 10.3. The number of carbonyl (C=O) groups excluding carboxylic acids is 1. The first-order chi connectivity index (χ1) is 5.54. The maximum absolute atomic E-state index is 10.3. The summed E-state index contributed by atoms with van der Waals surface area (Å²) in [6.07, 6.45) is 0.527. The molecular formula is C6H13NO4S. The SMILES string of the molecule is CC(=O)OCCCN(C)[SH](=O)=O. The molecule has 0 aliphatic heterocycles. The van der Waals surface area contributed by atoms with Crippen LogP contribution in [0.15, 0.2) is 0 Å². The molecule has 5 nitrogen and oxygen atoms in total. The van der Waals surface area contributed by atoms with E-state index < -0.39 is 10.9 Å². The van der Waals surface area contributed by atoms with E-state index in [4.69, 9.17) is 0 Å². The summed E-state index contributed by atoms with van der Waals surface area (Å²) in [6.45, 7) is 1.96. The Morgan fingerprint density at radius 3 is 2.50 bits per heavy atom. The van der Waals surface area contributed by atoms with Crippen molar-refractivity contribution in [3.8, 4) is 0 Å². The van der Waals surface area contributed by atoms with Gasteiger partial charge in [0.2, 0.25) is 10.9 Å². The van der Waals surface area contributed by atoms with Crippen LogP contribution < -0.4 is 0 Å². The smallest absolute Gasteiger partial charge is 0.302 e. The number of carbonyl (C=O) groups is 1. The number of hydrogen-bond acceptors (Lipinski definition) is 4. The van der Waals surface area contributed by atoms with Gasteiger partial charge in [0, 0.05) is 20.5 Å². The number of esters is 1. The first-order valence-corrected chi connectivity index (χ1v) is 4.66. The zero-order valence-corrected chi connectivity index (χ0v) is 8.04. The van der Waals surface area contributed by atoms with Gasteiger partial charge in [0.05, 0.1) is 6.61 Å². The molecule has 0 aromatic carbocycles. The van der Waals surface area contributed by atoms with Gasteiger partial charge in [0.25, 0.3) is 0 Å². The van der Waals surface area contributed by atoms with E-state index in [0.717, 1.165) is 0 Å². The normalized spacial score (nSPS) is 10.7. The van der Waals surface area contributed by atoms with Crippen LogP contribution in [0.25, 0.3) is 0 Å². The fourth-order valence-corrected chi connectivity index (χ4v) is 0.896. The van der Waals surface area contributed by atoms with Gasteiger partial charge in [-0.3, -0.25) is 4.79 Å². The van der Waals surface area contributed by atoms with E-state index in [1.807, 2.05) is 0 Å². The summed E-state index contributed by atoms with van der Waals surface area (Å²) in [5.41, 5.74) is 0. The van der Waals surface area contributed by atoms with Crippen molar-refractivity contribution >= 4 is 16.9 Å². The van der Waals surface area contributed by atoms with E-state index in [0.29, 0.717) is 13.0 Å². The average molecular weight is 195 g/mol. The van der Waals surface area contributed by atoms with Crippen LogP contribution >= 0.6 is 0 Å². The van der Waals surface area contributed by atoms with Gasteiger partial charge in [-0.1, -0.05) is 0 Å². The topological polar surface area (TPSA) is 63.7 Å². The second-order valence-electron chi connectivity index (χ2n) is 2.31. The van der Waals surface area contributed by atoms with E-state index >= 15 is 0 Å². The molecule has 0 spiro atoms. The van der Waals surface area contributed by atoms with Crippen LogP contribution in [0.4, 0.5) is 0 Å². The Labute approximate surface area is 73.4 Å². The molecule has 0 saturated carbocycles. The summed E-state index contributed by atoms with van der Waals surface area (Å²) < 4.78 is 26.4. The van der Waals surface area contributed by atoms with Crippen LogP contribution in [0, 0.1) is 0 Å². The van der Waals surface area contributed by atoms with Crippen molar-refractivity contribution in [2.45, 2.75) is 13.3 Å².